The molecule has 0 bridgehead atoms. The lowest BCUT2D eigenvalue weighted by Gasteiger charge is -2.27. The molecular formula is C15H21NO2S. The molecule has 1 aromatic rings. The molecule has 4 heteroatoms. The number of hydrogen-bond acceptors (Lipinski definition) is 3. The number of carbonyl (C=O) groups is 1. The summed E-state index contributed by atoms with van der Waals surface area (Å²) in [6.45, 7) is 9.82. The van der Waals surface area contributed by atoms with Gasteiger partial charge in [0.1, 0.15) is 0 Å². The Hall–Kier alpha value is -1.26. The van der Waals surface area contributed by atoms with Gasteiger partial charge in [0.15, 0.2) is 0 Å². The molecule has 104 valence electrons. The summed E-state index contributed by atoms with van der Waals surface area (Å²) in [6, 6.07) is 8.00. The first-order valence-electron chi connectivity index (χ1n) is 6.19. The largest absolute Gasteiger partial charge is 0.396 e. The third-order valence-electron chi connectivity index (χ3n) is 2.82. The smallest absolute Gasteiger partial charge is 0.279 e. The molecule has 0 aliphatic rings. The predicted octanol–water partition coefficient (Wildman–Crippen LogP) is 3.39. The second kappa shape index (κ2) is 6.78. The third-order valence-corrected chi connectivity index (χ3v) is 3.57. The topological polar surface area (TPSA) is 49.3 Å². The van der Waals surface area contributed by atoms with Crippen LogP contribution in [0.3, 0.4) is 0 Å². The van der Waals surface area contributed by atoms with E-state index in [-0.39, 0.29) is 11.8 Å². The van der Waals surface area contributed by atoms with E-state index in [2.05, 4.69) is 11.9 Å². The number of thioether (sulfide) groups is 1. The van der Waals surface area contributed by atoms with Crippen LogP contribution in [0.4, 0.5) is 4.79 Å². The summed E-state index contributed by atoms with van der Waals surface area (Å²) in [4.78, 5) is 11.7. The molecule has 1 rings (SSSR count). The monoisotopic (exact) mass is 279 g/mol. The van der Waals surface area contributed by atoms with Gasteiger partial charge in [-0.15, -0.1) is 0 Å². The molecule has 1 aromatic carbocycles. The quantitative estimate of drug-likeness (QED) is 0.868. The molecule has 0 spiro atoms. The highest BCUT2D eigenvalue weighted by Gasteiger charge is 2.23. The van der Waals surface area contributed by atoms with E-state index in [4.69, 9.17) is 5.11 Å². The molecule has 0 aliphatic carbocycles. The van der Waals surface area contributed by atoms with Gasteiger partial charge in [-0.1, -0.05) is 42.1 Å². The standard InChI is InChI=1S/C15H21NO2S/c1-11(2)12-6-5-7-13(10-12)15(3,4)16-14(18)19-9-8-17/h5-7,10,17H,1,8-9H2,2-4H3,(H,16,18). The van der Waals surface area contributed by atoms with Crippen LogP contribution in [0.1, 0.15) is 31.9 Å². The summed E-state index contributed by atoms with van der Waals surface area (Å²) < 4.78 is 0. The van der Waals surface area contributed by atoms with Crippen LogP contribution in [0, 0.1) is 0 Å². The van der Waals surface area contributed by atoms with Crippen LogP contribution in [0.25, 0.3) is 5.57 Å². The molecule has 0 unspecified atom stereocenters. The molecular weight excluding hydrogens is 258 g/mol. The van der Waals surface area contributed by atoms with E-state index in [0.717, 1.165) is 28.5 Å². The van der Waals surface area contributed by atoms with Gasteiger partial charge < -0.3 is 10.4 Å². The first-order chi connectivity index (χ1) is 8.86. The molecule has 0 aliphatic heterocycles. The Bertz CT molecular complexity index is 469. The fourth-order valence-corrected chi connectivity index (χ4v) is 2.28. The van der Waals surface area contributed by atoms with Crippen LogP contribution in [0.2, 0.25) is 0 Å². The number of hydrogen-bond donors (Lipinski definition) is 2. The molecule has 0 aromatic heterocycles. The minimum atomic E-state index is -0.453. The summed E-state index contributed by atoms with van der Waals surface area (Å²) in [5.74, 6) is 0.410. The van der Waals surface area contributed by atoms with E-state index in [9.17, 15) is 4.79 Å². The van der Waals surface area contributed by atoms with Gasteiger partial charge in [-0.05, 0) is 38.0 Å². The molecule has 19 heavy (non-hydrogen) atoms. The zero-order valence-corrected chi connectivity index (χ0v) is 12.5. The summed E-state index contributed by atoms with van der Waals surface area (Å²) in [7, 11) is 0. The van der Waals surface area contributed by atoms with Crippen molar-refractivity contribution in [1.82, 2.24) is 5.32 Å². The number of carbonyl (C=O) groups excluding carboxylic acids is 1. The number of rotatable bonds is 5. The van der Waals surface area contributed by atoms with Crippen molar-refractivity contribution in [3.8, 4) is 0 Å². The van der Waals surface area contributed by atoms with Gasteiger partial charge in [-0.2, -0.15) is 0 Å². The molecule has 0 atom stereocenters. The van der Waals surface area contributed by atoms with Crippen molar-refractivity contribution in [2.45, 2.75) is 26.3 Å². The highest BCUT2D eigenvalue weighted by atomic mass is 32.2. The summed E-state index contributed by atoms with van der Waals surface area (Å²) in [5, 5.41) is 11.5. The Balaban J connectivity index is 2.84. The van der Waals surface area contributed by atoms with Crippen LogP contribution in [-0.4, -0.2) is 22.7 Å². The molecule has 0 heterocycles. The summed E-state index contributed by atoms with van der Waals surface area (Å²) in [6.07, 6.45) is 0. The van der Waals surface area contributed by atoms with Gasteiger partial charge in [-0.25, -0.2) is 0 Å². The first-order valence-corrected chi connectivity index (χ1v) is 7.17. The second-order valence-electron chi connectivity index (χ2n) is 4.97. The number of aliphatic hydroxyl groups excluding tert-OH is 1. The normalized spacial score (nSPS) is 11.2. The van der Waals surface area contributed by atoms with Gasteiger partial charge in [0.05, 0.1) is 12.1 Å². The van der Waals surface area contributed by atoms with Crippen LogP contribution in [0.15, 0.2) is 30.8 Å². The minimum absolute atomic E-state index is 0.00363. The Kier molecular flexibility index (Phi) is 5.63. The molecule has 0 saturated heterocycles. The van der Waals surface area contributed by atoms with Gasteiger partial charge in [-0.3, -0.25) is 4.79 Å². The average molecular weight is 279 g/mol. The lowest BCUT2D eigenvalue weighted by atomic mass is 9.92. The second-order valence-corrected chi connectivity index (χ2v) is 6.04. The zero-order chi connectivity index (χ0) is 14.5. The van der Waals surface area contributed by atoms with Gasteiger partial charge in [0.2, 0.25) is 0 Å². The summed E-state index contributed by atoms with van der Waals surface area (Å²) in [5.41, 5.74) is 2.65. The van der Waals surface area contributed by atoms with E-state index in [1.165, 1.54) is 0 Å². The van der Waals surface area contributed by atoms with Crippen molar-refractivity contribution < 1.29 is 9.90 Å². The first kappa shape index (κ1) is 15.8. The molecule has 1 amide bonds. The predicted molar refractivity (Wildman–Crippen MR) is 82.3 cm³/mol. The highest BCUT2D eigenvalue weighted by Crippen LogP contribution is 2.24. The van der Waals surface area contributed by atoms with E-state index in [1.54, 1.807) is 0 Å². The maximum absolute atomic E-state index is 11.7. The van der Waals surface area contributed by atoms with E-state index >= 15 is 0 Å². The highest BCUT2D eigenvalue weighted by molar-refractivity contribution is 8.13. The molecule has 0 saturated carbocycles. The van der Waals surface area contributed by atoms with Crippen molar-refractivity contribution in [2.24, 2.45) is 0 Å². The lowest BCUT2D eigenvalue weighted by Crippen LogP contribution is -2.39. The molecule has 2 N–H and O–H groups in total. The average Bonchev–Trinajstić information content (AvgIpc) is 2.36. The van der Waals surface area contributed by atoms with E-state index < -0.39 is 5.54 Å². The van der Waals surface area contributed by atoms with Gasteiger partial charge >= 0.3 is 0 Å². The van der Waals surface area contributed by atoms with Crippen molar-refractivity contribution in [1.29, 1.82) is 0 Å². The number of nitrogens with one attached hydrogen (secondary N) is 1. The van der Waals surface area contributed by atoms with E-state index in [0.29, 0.717) is 5.75 Å². The van der Waals surface area contributed by atoms with Crippen molar-refractivity contribution in [2.75, 3.05) is 12.4 Å². The zero-order valence-electron chi connectivity index (χ0n) is 11.7. The van der Waals surface area contributed by atoms with Crippen molar-refractivity contribution >= 4 is 22.6 Å². The lowest BCUT2D eigenvalue weighted by molar-refractivity contribution is 0.251. The third kappa shape index (κ3) is 4.73. The SMILES string of the molecule is C=C(C)c1cccc(C(C)(C)NC(=O)SCCO)c1. The number of allylic oxidation sites excluding steroid dienone is 1. The maximum atomic E-state index is 11.7. The molecule has 0 fully saturated rings. The Morgan fingerprint density at radius 2 is 2.16 bits per heavy atom. The fraction of sp³-hybridized carbons (Fsp3) is 0.400. The van der Waals surface area contributed by atoms with E-state index in [1.807, 2.05) is 45.0 Å². The van der Waals surface area contributed by atoms with Gasteiger partial charge in [0, 0.05) is 5.75 Å². The number of benzene rings is 1. The van der Waals surface area contributed by atoms with Crippen LogP contribution >= 0.6 is 11.8 Å². The van der Waals surface area contributed by atoms with Crippen molar-refractivity contribution in [3.63, 3.8) is 0 Å². The van der Waals surface area contributed by atoms with Crippen molar-refractivity contribution in [3.05, 3.63) is 42.0 Å². The summed E-state index contributed by atoms with van der Waals surface area (Å²) >= 11 is 1.09. The Morgan fingerprint density at radius 3 is 2.74 bits per heavy atom. The molecule has 0 radical (unpaired) electrons. The fourth-order valence-electron chi connectivity index (χ4n) is 1.68. The minimum Gasteiger partial charge on any atom is -0.396 e. The van der Waals surface area contributed by atoms with Gasteiger partial charge in [0.25, 0.3) is 5.24 Å². The number of amides is 1. The molecule has 3 nitrogen and oxygen atoms in total. The Morgan fingerprint density at radius 1 is 1.47 bits per heavy atom. The van der Waals surface area contributed by atoms with Crippen LogP contribution in [-0.2, 0) is 5.54 Å². The van der Waals surface area contributed by atoms with Crippen LogP contribution < -0.4 is 5.32 Å². The number of aliphatic hydroxyl groups is 1. The Labute approximate surface area is 119 Å². The van der Waals surface area contributed by atoms with Crippen LogP contribution in [0.5, 0.6) is 0 Å². The maximum Gasteiger partial charge on any atom is 0.279 e.